The van der Waals surface area contributed by atoms with E-state index in [1.807, 2.05) is 0 Å². The predicted molar refractivity (Wildman–Crippen MR) is 113 cm³/mol. The molecule has 0 bridgehead atoms. The Bertz CT molecular complexity index is 554. The van der Waals surface area contributed by atoms with Crippen LogP contribution in [0.1, 0.15) is 25.7 Å². The molecule has 1 unspecified atom stereocenters. The molecule has 26 heavy (non-hydrogen) atoms. The van der Waals surface area contributed by atoms with E-state index in [-0.39, 0.29) is 35.7 Å². The van der Waals surface area contributed by atoms with Crippen molar-refractivity contribution < 1.29 is 13.5 Å². The van der Waals surface area contributed by atoms with Crippen molar-refractivity contribution in [2.24, 2.45) is 4.99 Å². The third kappa shape index (κ3) is 6.86. The van der Waals surface area contributed by atoms with E-state index in [9.17, 15) is 8.78 Å². The average Bonchev–Trinajstić information content (AvgIpc) is 3.05. The number of anilines is 1. The van der Waals surface area contributed by atoms with Crippen molar-refractivity contribution in [3.8, 4) is 0 Å². The predicted octanol–water partition coefficient (Wildman–Crippen LogP) is 3.14. The number of nitrogens with one attached hydrogen (secondary N) is 2. The summed E-state index contributed by atoms with van der Waals surface area (Å²) >= 11 is 0. The quantitative estimate of drug-likeness (QED) is 0.259. The number of nitrogens with zero attached hydrogens (tertiary/aromatic N) is 2. The van der Waals surface area contributed by atoms with Crippen LogP contribution in [0.2, 0.25) is 0 Å². The van der Waals surface area contributed by atoms with E-state index in [2.05, 4.69) is 15.6 Å². The lowest BCUT2D eigenvalue weighted by molar-refractivity contribution is 0.192. The Morgan fingerprint density at radius 3 is 2.65 bits per heavy atom. The molecule has 5 nitrogen and oxygen atoms in total. The number of rotatable bonds is 8. The maximum absolute atomic E-state index is 13.9. The number of hydrogen-bond donors (Lipinski definition) is 2. The molecule has 1 fully saturated rings. The van der Waals surface area contributed by atoms with Crippen LogP contribution in [0.4, 0.5) is 14.5 Å². The van der Waals surface area contributed by atoms with Gasteiger partial charge in [-0.3, -0.25) is 4.99 Å². The first-order valence-corrected chi connectivity index (χ1v) is 8.80. The molecule has 0 aromatic heterocycles. The minimum Gasteiger partial charge on any atom is -0.385 e. The monoisotopic (exact) mass is 482 g/mol. The van der Waals surface area contributed by atoms with Crippen molar-refractivity contribution in [3.63, 3.8) is 0 Å². The van der Waals surface area contributed by atoms with Crippen molar-refractivity contribution in [1.29, 1.82) is 0 Å². The summed E-state index contributed by atoms with van der Waals surface area (Å²) in [4.78, 5) is 5.97. The molecule has 1 atom stereocenters. The van der Waals surface area contributed by atoms with E-state index in [1.165, 1.54) is 18.2 Å². The number of ether oxygens (including phenoxy) is 1. The molecule has 1 aliphatic heterocycles. The summed E-state index contributed by atoms with van der Waals surface area (Å²) in [5.74, 6) is -0.300. The number of hydrogen-bond acceptors (Lipinski definition) is 3. The molecule has 2 rings (SSSR count). The van der Waals surface area contributed by atoms with E-state index in [1.54, 1.807) is 19.1 Å². The number of unbranched alkanes of at least 4 members (excludes halogenated alkanes) is 2. The fraction of sp³-hybridized carbons (Fsp3) is 0.611. The Morgan fingerprint density at radius 1 is 1.27 bits per heavy atom. The largest absolute Gasteiger partial charge is 0.385 e. The Hall–Kier alpha value is -1.16. The van der Waals surface area contributed by atoms with Crippen molar-refractivity contribution in [3.05, 3.63) is 29.8 Å². The van der Waals surface area contributed by atoms with Crippen LogP contribution in [-0.4, -0.2) is 52.4 Å². The third-order valence-corrected chi connectivity index (χ3v) is 4.32. The van der Waals surface area contributed by atoms with Gasteiger partial charge in [0, 0.05) is 46.4 Å². The lowest BCUT2D eigenvalue weighted by atomic mass is 10.2. The average molecular weight is 482 g/mol. The number of guanidine groups is 1. The molecule has 8 heteroatoms. The Labute approximate surface area is 171 Å². The number of halogens is 3. The second kappa shape index (κ2) is 12.3. The van der Waals surface area contributed by atoms with Crippen LogP contribution in [-0.2, 0) is 4.74 Å². The van der Waals surface area contributed by atoms with Crippen molar-refractivity contribution in [2.75, 3.05) is 45.3 Å². The van der Waals surface area contributed by atoms with E-state index in [0.29, 0.717) is 13.1 Å². The van der Waals surface area contributed by atoms with Gasteiger partial charge in [-0.1, -0.05) is 6.07 Å². The second-order valence-electron chi connectivity index (χ2n) is 6.20. The topological polar surface area (TPSA) is 48.9 Å². The number of benzene rings is 1. The Kier molecular flexibility index (Phi) is 10.8. The van der Waals surface area contributed by atoms with E-state index < -0.39 is 11.6 Å². The van der Waals surface area contributed by atoms with Crippen LogP contribution in [0.3, 0.4) is 0 Å². The molecule has 0 radical (unpaired) electrons. The van der Waals surface area contributed by atoms with Gasteiger partial charge in [0.1, 0.15) is 17.3 Å². The molecule has 1 heterocycles. The van der Waals surface area contributed by atoms with Gasteiger partial charge in [-0.25, -0.2) is 8.78 Å². The Morgan fingerprint density at radius 2 is 2.00 bits per heavy atom. The molecule has 0 spiro atoms. The van der Waals surface area contributed by atoms with E-state index >= 15 is 0 Å². The van der Waals surface area contributed by atoms with Crippen LogP contribution >= 0.6 is 24.0 Å². The van der Waals surface area contributed by atoms with Crippen molar-refractivity contribution in [2.45, 2.75) is 31.7 Å². The molecule has 0 saturated carbocycles. The molecule has 1 aliphatic rings. The fourth-order valence-corrected chi connectivity index (χ4v) is 3.02. The van der Waals surface area contributed by atoms with Crippen LogP contribution in [0.15, 0.2) is 23.2 Å². The minimum atomic E-state index is -0.515. The standard InChI is InChI=1S/C18H28F2N4O.HI/c1-21-18(22-10-4-3-5-12-25-2)23-14-9-11-24(13-14)17-15(19)7-6-8-16(17)20;/h6-8,14H,3-5,9-13H2,1-2H3,(H2,21,22,23);1H. The van der Waals surface area contributed by atoms with Crippen LogP contribution in [0.25, 0.3) is 0 Å². The first-order chi connectivity index (χ1) is 12.2. The zero-order chi connectivity index (χ0) is 18.1. The van der Waals surface area contributed by atoms with E-state index in [0.717, 1.165) is 44.8 Å². The molecule has 0 aliphatic carbocycles. The SMILES string of the molecule is CN=C(NCCCCCOC)NC1CCN(c2c(F)cccc2F)C1.I. The van der Waals surface area contributed by atoms with Gasteiger partial charge in [0.15, 0.2) is 5.96 Å². The molecule has 1 aromatic rings. The van der Waals surface area contributed by atoms with Crippen molar-refractivity contribution >= 4 is 35.6 Å². The smallest absolute Gasteiger partial charge is 0.191 e. The van der Waals surface area contributed by atoms with Gasteiger partial charge < -0.3 is 20.3 Å². The summed E-state index contributed by atoms with van der Waals surface area (Å²) in [5.41, 5.74) is 0.0629. The first-order valence-electron chi connectivity index (χ1n) is 8.80. The van der Waals surface area contributed by atoms with Gasteiger partial charge in [0.05, 0.1) is 0 Å². The summed E-state index contributed by atoms with van der Waals surface area (Å²) in [7, 11) is 3.44. The zero-order valence-corrected chi connectivity index (χ0v) is 17.8. The summed E-state index contributed by atoms with van der Waals surface area (Å²) in [6.07, 6.45) is 4.00. The second-order valence-corrected chi connectivity index (χ2v) is 6.20. The molecule has 1 saturated heterocycles. The Balaban J connectivity index is 0.00000338. The molecule has 1 aromatic carbocycles. The third-order valence-electron chi connectivity index (χ3n) is 4.32. The molecular formula is C18H29F2IN4O. The summed E-state index contributed by atoms with van der Waals surface area (Å²) < 4.78 is 32.8. The van der Waals surface area contributed by atoms with Crippen molar-refractivity contribution in [1.82, 2.24) is 10.6 Å². The molecular weight excluding hydrogens is 453 g/mol. The maximum Gasteiger partial charge on any atom is 0.191 e. The number of para-hydroxylation sites is 1. The minimum absolute atomic E-state index is 0. The lowest BCUT2D eigenvalue weighted by Crippen LogP contribution is -2.45. The van der Waals surface area contributed by atoms with Crippen LogP contribution in [0.5, 0.6) is 0 Å². The van der Waals surface area contributed by atoms with Gasteiger partial charge in [0.25, 0.3) is 0 Å². The normalized spacial score (nSPS) is 17.2. The highest BCUT2D eigenvalue weighted by molar-refractivity contribution is 14.0. The molecule has 2 N–H and O–H groups in total. The highest BCUT2D eigenvalue weighted by Gasteiger charge is 2.27. The van der Waals surface area contributed by atoms with Gasteiger partial charge in [-0.2, -0.15) is 0 Å². The molecule has 148 valence electrons. The summed E-state index contributed by atoms with van der Waals surface area (Å²) in [6, 6.07) is 4.09. The van der Waals surface area contributed by atoms with Gasteiger partial charge in [-0.15, -0.1) is 24.0 Å². The first kappa shape index (κ1) is 22.9. The highest BCUT2D eigenvalue weighted by atomic mass is 127. The fourth-order valence-electron chi connectivity index (χ4n) is 3.02. The van der Waals surface area contributed by atoms with Crippen LogP contribution in [0, 0.1) is 11.6 Å². The zero-order valence-electron chi connectivity index (χ0n) is 15.4. The maximum atomic E-state index is 13.9. The van der Waals surface area contributed by atoms with Crippen LogP contribution < -0.4 is 15.5 Å². The van der Waals surface area contributed by atoms with Gasteiger partial charge >= 0.3 is 0 Å². The van der Waals surface area contributed by atoms with Gasteiger partial charge in [-0.05, 0) is 37.8 Å². The summed E-state index contributed by atoms with van der Waals surface area (Å²) in [6.45, 7) is 2.79. The number of methoxy groups -OCH3 is 1. The highest BCUT2D eigenvalue weighted by Crippen LogP contribution is 2.26. The lowest BCUT2D eigenvalue weighted by Gasteiger charge is -2.21. The summed E-state index contributed by atoms with van der Waals surface area (Å²) in [5, 5.41) is 6.62. The van der Waals surface area contributed by atoms with Gasteiger partial charge in [0.2, 0.25) is 0 Å². The molecule has 0 amide bonds. The number of aliphatic imine (C=N–C) groups is 1. The van der Waals surface area contributed by atoms with E-state index in [4.69, 9.17) is 4.74 Å².